The summed E-state index contributed by atoms with van der Waals surface area (Å²) in [5.41, 5.74) is 2.28. The Bertz CT molecular complexity index is 802. The lowest BCUT2D eigenvalue weighted by Gasteiger charge is -1.98. The first-order valence-electron chi connectivity index (χ1n) is 6.17. The van der Waals surface area contributed by atoms with Crippen molar-refractivity contribution in [1.82, 2.24) is 9.97 Å². The SMILES string of the molecule is CC(=O)ON=C(c1nc(C)cs1)c1nc2ccccc2s1. The molecule has 5 nitrogen and oxygen atoms in total. The number of nitrogens with zero attached hydrogens (tertiary/aromatic N) is 3. The van der Waals surface area contributed by atoms with Crippen molar-refractivity contribution in [2.75, 3.05) is 0 Å². The molecule has 0 saturated heterocycles. The molecule has 2 aromatic heterocycles. The van der Waals surface area contributed by atoms with E-state index >= 15 is 0 Å². The Morgan fingerprint density at radius 1 is 1.24 bits per heavy atom. The van der Waals surface area contributed by atoms with Gasteiger partial charge in [0, 0.05) is 18.0 Å². The number of benzene rings is 1. The summed E-state index contributed by atoms with van der Waals surface area (Å²) in [6.45, 7) is 3.22. The van der Waals surface area contributed by atoms with Crippen molar-refractivity contribution >= 4 is 44.6 Å². The van der Waals surface area contributed by atoms with Crippen LogP contribution in [0.25, 0.3) is 10.2 Å². The van der Waals surface area contributed by atoms with E-state index in [1.54, 1.807) is 0 Å². The average molecular weight is 317 g/mol. The van der Waals surface area contributed by atoms with Crippen molar-refractivity contribution in [2.45, 2.75) is 13.8 Å². The molecule has 0 unspecified atom stereocenters. The van der Waals surface area contributed by atoms with Crippen molar-refractivity contribution in [3.8, 4) is 0 Å². The molecule has 0 atom stereocenters. The molecular weight excluding hydrogens is 306 g/mol. The largest absolute Gasteiger partial charge is 0.332 e. The van der Waals surface area contributed by atoms with E-state index in [9.17, 15) is 4.79 Å². The molecule has 0 amide bonds. The van der Waals surface area contributed by atoms with Crippen molar-refractivity contribution in [3.05, 3.63) is 45.4 Å². The fraction of sp³-hybridized carbons (Fsp3) is 0.143. The summed E-state index contributed by atoms with van der Waals surface area (Å²) in [4.78, 5) is 24.8. The van der Waals surface area contributed by atoms with Gasteiger partial charge in [-0.25, -0.2) is 14.8 Å². The van der Waals surface area contributed by atoms with Crippen LogP contribution in [0.4, 0.5) is 0 Å². The fourth-order valence-electron chi connectivity index (χ4n) is 1.72. The maximum atomic E-state index is 11.0. The highest BCUT2D eigenvalue weighted by Crippen LogP contribution is 2.25. The molecule has 0 fully saturated rings. The molecular formula is C14H11N3O2S2. The number of thiazole rings is 2. The molecule has 21 heavy (non-hydrogen) atoms. The van der Waals surface area contributed by atoms with E-state index in [0.29, 0.717) is 15.7 Å². The zero-order chi connectivity index (χ0) is 14.8. The van der Waals surface area contributed by atoms with Gasteiger partial charge in [0.2, 0.25) is 0 Å². The number of hydrogen-bond donors (Lipinski definition) is 0. The van der Waals surface area contributed by atoms with Gasteiger partial charge in [0.25, 0.3) is 0 Å². The van der Waals surface area contributed by atoms with E-state index < -0.39 is 5.97 Å². The zero-order valence-corrected chi connectivity index (χ0v) is 13.0. The summed E-state index contributed by atoms with van der Waals surface area (Å²) in [7, 11) is 0. The first-order chi connectivity index (χ1) is 10.1. The van der Waals surface area contributed by atoms with Gasteiger partial charge in [0.05, 0.1) is 10.2 Å². The summed E-state index contributed by atoms with van der Waals surface area (Å²) < 4.78 is 1.05. The lowest BCUT2D eigenvalue weighted by molar-refractivity contribution is -0.140. The smallest absolute Gasteiger partial charge is 0.318 e. The van der Waals surface area contributed by atoms with Crippen LogP contribution in [0.15, 0.2) is 34.8 Å². The van der Waals surface area contributed by atoms with Crippen LogP contribution in [0.1, 0.15) is 22.6 Å². The lowest BCUT2D eigenvalue weighted by atomic mass is 10.3. The maximum Gasteiger partial charge on any atom is 0.332 e. The van der Waals surface area contributed by atoms with E-state index in [2.05, 4.69) is 15.1 Å². The van der Waals surface area contributed by atoms with E-state index in [4.69, 9.17) is 4.84 Å². The first-order valence-corrected chi connectivity index (χ1v) is 7.87. The quantitative estimate of drug-likeness (QED) is 0.422. The monoisotopic (exact) mass is 317 g/mol. The van der Waals surface area contributed by atoms with Crippen LogP contribution >= 0.6 is 22.7 Å². The van der Waals surface area contributed by atoms with Gasteiger partial charge < -0.3 is 4.84 Å². The Morgan fingerprint density at radius 2 is 2.05 bits per heavy atom. The highest BCUT2D eigenvalue weighted by atomic mass is 32.1. The lowest BCUT2D eigenvalue weighted by Crippen LogP contribution is -2.05. The van der Waals surface area contributed by atoms with E-state index in [1.807, 2.05) is 36.6 Å². The Labute approximate surface area is 128 Å². The molecule has 2 heterocycles. The van der Waals surface area contributed by atoms with E-state index in [-0.39, 0.29) is 0 Å². The standard InChI is InChI=1S/C14H11N3O2S2/c1-8-7-20-13(15-8)12(17-19-9(2)18)14-16-10-5-3-4-6-11(10)21-14/h3-7H,1-2H3. The van der Waals surface area contributed by atoms with Gasteiger partial charge in [-0.3, -0.25) is 0 Å². The highest BCUT2D eigenvalue weighted by molar-refractivity contribution is 7.21. The first kappa shape index (κ1) is 13.8. The van der Waals surface area contributed by atoms with Crippen LogP contribution < -0.4 is 0 Å². The Hall–Kier alpha value is -2.12. The number of fused-ring (bicyclic) bond motifs is 1. The third-order valence-electron chi connectivity index (χ3n) is 2.58. The molecule has 0 aliphatic carbocycles. The maximum absolute atomic E-state index is 11.0. The highest BCUT2D eigenvalue weighted by Gasteiger charge is 2.17. The van der Waals surface area contributed by atoms with Gasteiger partial charge >= 0.3 is 5.97 Å². The van der Waals surface area contributed by atoms with Crippen molar-refractivity contribution in [3.63, 3.8) is 0 Å². The van der Waals surface area contributed by atoms with Crippen LogP contribution in [0.3, 0.4) is 0 Å². The molecule has 0 aliphatic rings. The van der Waals surface area contributed by atoms with Crippen LogP contribution in [0.2, 0.25) is 0 Å². The molecule has 0 aliphatic heterocycles. The molecule has 0 bridgehead atoms. The molecule has 0 radical (unpaired) electrons. The molecule has 3 aromatic rings. The molecule has 7 heteroatoms. The molecule has 3 rings (SSSR count). The summed E-state index contributed by atoms with van der Waals surface area (Å²) in [6, 6.07) is 7.82. The summed E-state index contributed by atoms with van der Waals surface area (Å²) in [6.07, 6.45) is 0. The van der Waals surface area contributed by atoms with Gasteiger partial charge in [0.1, 0.15) is 10.0 Å². The topological polar surface area (TPSA) is 64.4 Å². The number of carbonyl (C=O) groups excluding carboxylic acids is 1. The summed E-state index contributed by atoms with van der Waals surface area (Å²) >= 11 is 2.94. The minimum atomic E-state index is -0.470. The van der Waals surface area contributed by atoms with Gasteiger partial charge in [-0.1, -0.05) is 17.3 Å². The van der Waals surface area contributed by atoms with Crippen LogP contribution in [-0.2, 0) is 9.63 Å². The number of hydrogen-bond acceptors (Lipinski definition) is 7. The summed E-state index contributed by atoms with van der Waals surface area (Å²) in [5, 5.41) is 7.23. The fourth-order valence-corrected chi connectivity index (χ4v) is 3.51. The number of rotatable bonds is 3. The second-order valence-electron chi connectivity index (χ2n) is 4.30. The Kier molecular flexibility index (Phi) is 3.76. The van der Waals surface area contributed by atoms with Crippen molar-refractivity contribution < 1.29 is 9.63 Å². The number of aromatic nitrogens is 2. The number of carbonyl (C=O) groups is 1. The third-order valence-corrected chi connectivity index (χ3v) is 4.59. The number of aryl methyl sites for hydroxylation is 1. The second kappa shape index (κ2) is 5.71. The summed E-state index contributed by atoms with van der Waals surface area (Å²) in [5.74, 6) is -0.470. The molecule has 0 N–H and O–H groups in total. The second-order valence-corrected chi connectivity index (χ2v) is 6.19. The third kappa shape index (κ3) is 2.98. The van der Waals surface area contributed by atoms with Crippen LogP contribution in [0.5, 0.6) is 0 Å². The minimum Gasteiger partial charge on any atom is -0.318 e. The Morgan fingerprint density at radius 3 is 2.71 bits per heavy atom. The minimum absolute atomic E-state index is 0.470. The van der Waals surface area contributed by atoms with Crippen LogP contribution in [-0.4, -0.2) is 21.6 Å². The normalized spacial score (nSPS) is 11.8. The predicted octanol–water partition coefficient (Wildman–Crippen LogP) is 3.38. The van der Waals surface area contributed by atoms with Crippen molar-refractivity contribution in [1.29, 1.82) is 0 Å². The number of oxime groups is 1. The number of para-hydroxylation sites is 1. The van der Waals surface area contributed by atoms with Gasteiger partial charge in [0.15, 0.2) is 5.71 Å². The van der Waals surface area contributed by atoms with Crippen molar-refractivity contribution in [2.24, 2.45) is 5.16 Å². The predicted molar refractivity (Wildman–Crippen MR) is 83.9 cm³/mol. The molecule has 106 valence electrons. The van der Waals surface area contributed by atoms with Gasteiger partial charge in [-0.05, 0) is 19.1 Å². The van der Waals surface area contributed by atoms with Gasteiger partial charge in [-0.15, -0.1) is 22.7 Å². The average Bonchev–Trinajstić information content (AvgIpc) is 3.05. The van der Waals surface area contributed by atoms with E-state index in [1.165, 1.54) is 29.6 Å². The molecule has 1 aromatic carbocycles. The Balaban J connectivity index is 2.09. The van der Waals surface area contributed by atoms with E-state index in [0.717, 1.165) is 15.9 Å². The van der Waals surface area contributed by atoms with Crippen LogP contribution in [0, 0.1) is 6.92 Å². The molecule has 0 saturated carbocycles. The van der Waals surface area contributed by atoms with Gasteiger partial charge in [-0.2, -0.15) is 0 Å². The zero-order valence-electron chi connectivity index (χ0n) is 11.4. The molecule has 0 spiro atoms.